The van der Waals surface area contributed by atoms with Gasteiger partial charge in [0.25, 0.3) is 0 Å². The molecule has 2 rings (SSSR count). The van der Waals surface area contributed by atoms with Crippen LogP contribution in [0.25, 0.3) is 11.1 Å². The molecule has 1 aromatic carbocycles. The van der Waals surface area contributed by atoms with Crippen molar-refractivity contribution in [2.24, 2.45) is 0 Å². The van der Waals surface area contributed by atoms with Gasteiger partial charge in [0.1, 0.15) is 6.07 Å². The smallest absolute Gasteiger partial charge is 0.221 e. The van der Waals surface area contributed by atoms with Crippen molar-refractivity contribution in [3.63, 3.8) is 0 Å². The SMILES string of the molecule is COc1ncc(C#N)cc1-c1ccc([C@@H](C)N[S@](=O)C(C)(C)C)cc1. The Hall–Kier alpha value is -2.23. The summed E-state index contributed by atoms with van der Waals surface area (Å²) in [4.78, 5) is 4.17. The molecule has 0 saturated carbocycles. The molecule has 2 atom stereocenters. The molecule has 0 bridgehead atoms. The Morgan fingerprint density at radius 3 is 2.44 bits per heavy atom. The highest BCUT2D eigenvalue weighted by atomic mass is 32.2. The maximum absolute atomic E-state index is 12.2. The van der Waals surface area contributed by atoms with Gasteiger partial charge in [0, 0.05) is 17.8 Å². The van der Waals surface area contributed by atoms with Gasteiger partial charge in [0.15, 0.2) is 0 Å². The number of rotatable bonds is 5. The summed E-state index contributed by atoms with van der Waals surface area (Å²) in [6.07, 6.45) is 1.49. The quantitative estimate of drug-likeness (QED) is 0.884. The third-order valence-electron chi connectivity index (χ3n) is 3.74. The van der Waals surface area contributed by atoms with Crippen LogP contribution < -0.4 is 9.46 Å². The van der Waals surface area contributed by atoms with E-state index in [-0.39, 0.29) is 10.8 Å². The van der Waals surface area contributed by atoms with Crippen LogP contribution in [-0.4, -0.2) is 21.0 Å². The Bertz CT molecular complexity index is 805. The Morgan fingerprint density at radius 1 is 1.28 bits per heavy atom. The Morgan fingerprint density at radius 2 is 1.92 bits per heavy atom. The van der Waals surface area contributed by atoms with Gasteiger partial charge in [-0.2, -0.15) is 5.26 Å². The number of ether oxygens (including phenoxy) is 1. The van der Waals surface area contributed by atoms with Gasteiger partial charge in [-0.05, 0) is 44.9 Å². The summed E-state index contributed by atoms with van der Waals surface area (Å²) in [6.45, 7) is 7.80. The number of nitrogens with one attached hydrogen (secondary N) is 1. The zero-order chi connectivity index (χ0) is 18.6. The highest BCUT2D eigenvalue weighted by Gasteiger charge is 2.21. The first-order chi connectivity index (χ1) is 11.8. The number of hydrogen-bond acceptors (Lipinski definition) is 4. The van der Waals surface area contributed by atoms with E-state index in [1.165, 1.54) is 6.20 Å². The summed E-state index contributed by atoms with van der Waals surface area (Å²) in [7, 11) is 0.421. The zero-order valence-corrected chi connectivity index (χ0v) is 16.0. The molecule has 1 aromatic heterocycles. The standard InChI is InChI=1S/C19H23N3O2S/c1-13(22-25(23)19(2,3)4)15-6-8-16(9-7-15)17-10-14(11-20)12-21-18(17)24-5/h6-10,12-13,22H,1-5H3/t13-,25-/m1/s1. The number of nitriles is 1. The summed E-state index contributed by atoms with van der Waals surface area (Å²) in [5.41, 5.74) is 3.20. The molecule has 6 heteroatoms. The zero-order valence-electron chi connectivity index (χ0n) is 15.2. The summed E-state index contributed by atoms with van der Waals surface area (Å²) >= 11 is 0. The Labute approximate surface area is 151 Å². The molecule has 0 spiro atoms. The number of hydrogen-bond donors (Lipinski definition) is 1. The van der Waals surface area contributed by atoms with Crippen molar-refractivity contribution in [3.8, 4) is 23.1 Å². The van der Waals surface area contributed by atoms with E-state index >= 15 is 0 Å². The first-order valence-electron chi connectivity index (χ1n) is 7.98. The Kier molecular flexibility index (Phi) is 5.93. The van der Waals surface area contributed by atoms with E-state index in [2.05, 4.69) is 15.8 Å². The van der Waals surface area contributed by atoms with Crippen molar-refractivity contribution in [1.29, 1.82) is 5.26 Å². The van der Waals surface area contributed by atoms with E-state index in [9.17, 15) is 4.21 Å². The predicted molar refractivity (Wildman–Crippen MR) is 100 cm³/mol. The second-order valence-corrected chi connectivity index (χ2v) is 8.73. The van der Waals surface area contributed by atoms with Crippen LogP contribution in [0.5, 0.6) is 5.88 Å². The first-order valence-corrected chi connectivity index (χ1v) is 9.13. The average Bonchev–Trinajstić information content (AvgIpc) is 2.60. The lowest BCUT2D eigenvalue weighted by atomic mass is 10.0. The van der Waals surface area contributed by atoms with Gasteiger partial charge < -0.3 is 4.74 Å². The van der Waals surface area contributed by atoms with Gasteiger partial charge in [-0.1, -0.05) is 24.3 Å². The van der Waals surface area contributed by atoms with E-state index in [0.717, 1.165) is 16.7 Å². The number of nitrogens with zero attached hydrogens (tertiary/aromatic N) is 2. The summed E-state index contributed by atoms with van der Waals surface area (Å²) in [5, 5.41) is 9.07. The monoisotopic (exact) mass is 357 g/mol. The van der Waals surface area contributed by atoms with Crippen LogP contribution in [-0.2, 0) is 11.0 Å². The van der Waals surface area contributed by atoms with Gasteiger partial charge in [0.05, 0.1) is 28.4 Å². The number of benzene rings is 1. The lowest BCUT2D eigenvalue weighted by molar-refractivity contribution is 0.399. The van der Waals surface area contributed by atoms with Crippen molar-refractivity contribution >= 4 is 11.0 Å². The van der Waals surface area contributed by atoms with E-state index in [4.69, 9.17) is 10.00 Å². The molecule has 2 aromatic rings. The second kappa shape index (κ2) is 7.77. The maximum atomic E-state index is 12.2. The number of methoxy groups -OCH3 is 1. The molecule has 0 unspecified atom stereocenters. The van der Waals surface area contributed by atoms with Gasteiger partial charge in [-0.15, -0.1) is 0 Å². The van der Waals surface area contributed by atoms with Crippen LogP contribution in [0.2, 0.25) is 0 Å². The predicted octanol–water partition coefficient (Wildman–Crippen LogP) is 3.74. The van der Waals surface area contributed by atoms with Crippen LogP contribution in [0.15, 0.2) is 36.5 Å². The Balaban J connectivity index is 2.26. The molecular weight excluding hydrogens is 334 g/mol. The van der Waals surface area contributed by atoms with E-state index in [0.29, 0.717) is 11.4 Å². The molecule has 0 fully saturated rings. The van der Waals surface area contributed by atoms with Crippen LogP contribution in [0, 0.1) is 11.3 Å². The van der Waals surface area contributed by atoms with E-state index < -0.39 is 11.0 Å². The third-order valence-corrected chi connectivity index (χ3v) is 5.42. The fourth-order valence-electron chi connectivity index (χ4n) is 2.24. The van der Waals surface area contributed by atoms with Crippen molar-refractivity contribution in [2.45, 2.75) is 38.5 Å². The number of pyridine rings is 1. The minimum absolute atomic E-state index is 0.0421. The second-order valence-electron chi connectivity index (χ2n) is 6.74. The average molecular weight is 357 g/mol. The largest absolute Gasteiger partial charge is 0.481 e. The van der Waals surface area contributed by atoms with Crippen molar-refractivity contribution < 1.29 is 8.95 Å². The summed E-state index contributed by atoms with van der Waals surface area (Å²) in [5.74, 6) is 0.478. The van der Waals surface area contributed by atoms with Crippen LogP contribution >= 0.6 is 0 Å². The van der Waals surface area contributed by atoms with Crippen molar-refractivity contribution in [1.82, 2.24) is 9.71 Å². The van der Waals surface area contributed by atoms with Gasteiger partial charge in [-0.25, -0.2) is 13.9 Å². The molecule has 1 heterocycles. The van der Waals surface area contributed by atoms with Crippen LogP contribution in [0.4, 0.5) is 0 Å². The topological polar surface area (TPSA) is 75.0 Å². The van der Waals surface area contributed by atoms with E-state index in [1.807, 2.05) is 52.0 Å². The highest BCUT2D eigenvalue weighted by Crippen LogP contribution is 2.30. The molecular formula is C19H23N3O2S. The lowest BCUT2D eigenvalue weighted by Gasteiger charge is -2.22. The molecule has 0 amide bonds. The molecule has 132 valence electrons. The molecule has 0 saturated heterocycles. The van der Waals surface area contributed by atoms with E-state index in [1.54, 1.807) is 13.2 Å². The molecule has 5 nitrogen and oxygen atoms in total. The number of aromatic nitrogens is 1. The van der Waals surface area contributed by atoms with Gasteiger partial charge >= 0.3 is 0 Å². The normalized spacial score (nSPS) is 13.8. The fraction of sp³-hybridized carbons (Fsp3) is 0.368. The molecule has 0 aliphatic rings. The third kappa shape index (κ3) is 4.65. The highest BCUT2D eigenvalue weighted by molar-refractivity contribution is 7.84. The molecule has 25 heavy (non-hydrogen) atoms. The van der Waals surface area contributed by atoms with Crippen LogP contribution in [0.1, 0.15) is 44.9 Å². The lowest BCUT2D eigenvalue weighted by Crippen LogP contribution is -2.34. The van der Waals surface area contributed by atoms with Crippen molar-refractivity contribution in [3.05, 3.63) is 47.7 Å². The maximum Gasteiger partial charge on any atom is 0.221 e. The molecule has 0 radical (unpaired) electrons. The van der Waals surface area contributed by atoms with Crippen molar-refractivity contribution in [2.75, 3.05) is 7.11 Å². The fourth-order valence-corrected chi connectivity index (χ4v) is 3.05. The first kappa shape index (κ1) is 19.1. The minimum atomic E-state index is -1.13. The summed E-state index contributed by atoms with van der Waals surface area (Å²) < 4.78 is 20.3. The molecule has 0 aliphatic heterocycles. The van der Waals surface area contributed by atoms with Gasteiger partial charge in [-0.3, -0.25) is 0 Å². The summed E-state index contributed by atoms with van der Waals surface area (Å²) in [6, 6.07) is 11.7. The van der Waals surface area contributed by atoms with Crippen LogP contribution in [0.3, 0.4) is 0 Å². The minimum Gasteiger partial charge on any atom is -0.481 e. The van der Waals surface area contributed by atoms with Gasteiger partial charge in [0.2, 0.25) is 5.88 Å². The molecule has 1 N–H and O–H groups in total. The molecule has 0 aliphatic carbocycles.